The fraction of sp³-hybridized carbons (Fsp3) is 0.172. The van der Waals surface area contributed by atoms with E-state index in [-0.39, 0.29) is 28.8 Å². The topological polar surface area (TPSA) is 161 Å². The summed E-state index contributed by atoms with van der Waals surface area (Å²) in [5.41, 5.74) is 1.36. The van der Waals surface area contributed by atoms with Crippen molar-refractivity contribution >= 4 is 57.9 Å². The molecule has 218 valence electrons. The van der Waals surface area contributed by atoms with Crippen LogP contribution in [0.3, 0.4) is 0 Å². The normalized spacial score (nSPS) is 19.0. The second kappa shape index (κ2) is 11.4. The number of nitrogens with zero attached hydrogens (tertiary/aromatic N) is 2. The van der Waals surface area contributed by atoms with Crippen LogP contribution in [0.1, 0.15) is 16.4 Å². The van der Waals surface area contributed by atoms with Crippen LogP contribution >= 0.6 is 23.1 Å². The van der Waals surface area contributed by atoms with Gasteiger partial charge < -0.3 is 19.8 Å². The zero-order valence-corrected chi connectivity index (χ0v) is 24.0. The summed E-state index contributed by atoms with van der Waals surface area (Å²) in [6.45, 7) is -0.239. The van der Waals surface area contributed by atoms with Gasteiger partial charge in [-0.05, 0) is 54.1 Å². The number of anilines is 2. The lowest BCUT2D eigenvalue weighted by atomic mass is 9.83. The van der Waals surface area contributed by atoms with Crippen molar-refractivity contribution in [3.8, 4) is 11.5 Å². The molecule has 3 heterocycles. The molecule has 1 aromatic heterocycles. The molecule has 3 unspecified atom stereocenters. The molecule has 2 aliphatic heterocycles. The molecule has 6 rings (SSSR count). The molecular formula is C29H22N4O8S2. The van der Waals surface area contributed by atoms with E-state index in [9.17, 15) is 29.3 Å². The lowest BCUT2D eigenvalue weighted by Gasteiger charge is -2.29. The van der Waals surface area contributed by atoms with E-state index in [4.69, 9.17) is 9.47 Å². The number of thiazole rings is 1. The van der Waals surface area contributed by atoms with Gasteiger partial charge in [-0.25, -0.2) is 4.90 Å². The second-order valence-corrected chi connectivity index (χ2v) is 11.8. The molecule has 4 aromatic rings. The highest BCUT2D eigenvalue weighted by atomic mass is 32.2. The van der Waals surface area contributed by atoms with Crippen molar-refractivity contribution in [1.82, 2.24) is 4.98 Å². The van der Waals surface area contributed by atoms with Crippen molar-refractivity contribution in [1.29, 1.82) is 0 Å². The summed E-state index contributed by atoms with van der Waals surface area (Å²) in [6, 6.07) is 18.9. The molecular weight excluding hydrogens is 596 g/mol. The Bertz CT molecular complexity index is 1780. The molecule has 0 saturated carbocycles. The molecule has 1 fully saturated rings. The minimum absolute atomic E-state index is 0.159. The number of carbonyl (C=O) groups excluding carboxylic acids is 3. The van der Waals surface area contributed by atoms with Crippen LogP contribution in [0, 0.1) is 16.0 Å². The van der Waals surface area contributed by atoms with Crippen LogP contribution < -0.4 is 24.6 Å². The van der Waals surface area contributed by atoms with E-state index in [2.05, 4.69) is 10.3 Å². The number of ether oxygens (including phenoxy) is 2. The predicted molar refractivity (Wildman–Crippen MR) is 159 cm³/mol. The second-order valence-electron chi connectivity index (χ2n) is 9.67. The zero-order chi connectivity index (χ0) is 30.2. The van der Waals surface area contributed by atoms with Crippen molar-refractivity contribution in [2.45, 2.75) is 16.2 Å². The Labute approximate surface area is 251 Å². The number of methoxy groups -OCH3 is 1. The monoisotopic (exact) mass is 618 g/mol. The number of carbonyl (C=O) groups is 3. The van der Waals surface area contributed by atoms with Gasteiger partial charge in [-0.1, -0.05) is 35.2 Å². The largest absolute Gasteiger partial charge is 0.497 e. The maximum absolute atomic E-state index is 13.8. The zero-order valence-electron chi connectivity index (χ0n) is 22.3. The summed E-state index contributed by atoms with van der Waals surface area (Å²) in [7, 11) is 1.55. The van der Waals surface area contributed by atoms with Crippen LogP contribution in [0.2, 0.25) is 0 Å². The summed E-state index contributed by atoms with van der Waals surface area (Å²) in [5, 5.41) is 13.5. The van der Waals surface area contributed by atoms with E-state index in [1.807, 2.05) is 0 Å². The van der Waals surface area contributed by atoms with Gasteiger partial charge in [0.25, 0.3) is 11.6 Å². The number of H-pyrrole nitrogens is 1. The average molecular weight is 619 g/mol. The number of rotatable bonds is 8. The smallest absolute Gasteiger partial charge is 0.305 e. The quantitative estimate of drug-likeness (QED) is 0.168. The highest BCUT2D eigenvalue weighted by molar-refractivity contribution is 8.00. The molecule has 12 nitrogen and oxygen atoms in total. The van der Waals surface area contributed by atoms with Gasteiger partial charge in [-0.3, -0.25) is 29.3 Å². The van der Waals surface area contributed by atoms with E-state index in [0.717, 1.165) is 28.0 Å². The number of amides is 3. The number of non-ortho nitro benzene ring substituents is 1. The number of nitro benzene ring substituents is 1. The van der Waals surface area contributed by atoms with Crippen molar-refractivity contribution < 1.29 is 28.8 Å². The number of nitro groups is 1. The third-order valence-electron chi connectivity index (χ3n) is 7.13. The molecule has 0 spiro atoms. The van der Waals surface area contributed by atoms with Crippen LogP contribution in [-0.2, 0) is 14.4 Å². The molecule has 3 amide bonds. The van der Waals surface area contributed by atoms with Gasteiger partial charge in [-0.15, -0.1) is 0 Å². The SMILES string of the molecule is COc1ccc(NC(=O)COc2ccc(C3c4sc(=O)[nH]c4SC4C(=O)N(c5ccc([N+](=O)[O-])cc5)C(=O)C43)cc2)cc1. The number of aromatic nitrogens is 1. The van der Waals surface area contributed by atoms with Gasteiger partial charge in [0.15, 0.2) is 6.61 Å². The maximum atomic E-state index is 13.8. The standard InChI is InChI=1S/C29H22N4O8S2/c1-40-19-12-4-16(5-13-19)30-21(34)14-41-20-10-2-15(3-11-20)22-23-25(42-26-24(22)43-29(37)31-26)28(36)32(27(23)35)17-6-8-18(9-7-17)33(38)39/h2-13,22-23,25H,14H2,1H3,(H,30,34)(H,31,37). The summed E-state index contributed by atoms with van der Waals surface area (Å²) < 4.78 is 10.8. The number of aromatic amines is 1. The molecule has 0 aliphatic carbocycles. The van der Waals surface area contributed by atoms with E-state index >= 15 is 0 Å². The Kier molecular flexibility index (Phi) is 7.46. The van der Waals surface area contributed by atoms with Gasteiger partial charge >= 0.3 is 4.87 Å². The lowest BCUT2D eigenvalue weighted by Crippen LogP contribution is -2.32. The number of nitrogens with one attached hydrogen (secondary N) is 2. The highest BCUT2D eigenvalue weighted by Crippen LogP contribution is 2.53. The van der Waals surface area contributed by atoms with E-state index in [1.54, 1.807) is 55.6 Å². The molecule has 43 heavy (non-hydrogen) atoms. The lowest BCUT2D eigenvalue weighted by molar-refractivity contribution is -0.384. The fourth-order valence-corrected chi connectivity index (χ4v) is 7.66. The molecule has 2 aliphatic rings. The van der Waals surface area contributed by atoms with Gasteiger partial charge in [0.1, 0.15) is 16.7 Å². The van der Waals surface area contributed by atoms with Crippen LogP contribution in [0.5, 0.6) is 11.5 Å². The molecule has 0 radical (unpaired) electrons. The predicted octanol–water partition coefficient (Wildman–Crippen LogP) is 4.17. The third-order valence-corrected chi connectivity index (χ3v) is 9.53. The molecule has 3 aromatic carbocycles. The minimum Gasteiger partial charge on any atom is -0.497 e. The summed E-state index contributed by atoms with van der Waals surface area (Å²) in [5.74, 6) is -1.60. The van der Waals surface area contributed by atoms with Crippen LogP contribution in [0.4, 0.5) is 17.1 Å². The van der Waals surface area contributed by atoms with Crippen molar-refractivity contribution in [2.24, 2.45) is 5.92 Å². The van der Waals surface area contributed by atoms with Crippen LogP contribution in [0.15, 0.2) is 82.6 Å². The fourth-order valence-electron chi connectivity index (χ4n) is 5.15. The van der Waals surface area contributed by atoms with Gasteiger partial charge in [0.2, 0.25) is 11.8 Å². The Morgan fingerprint density at radius 1 is 0.977 bits per heavy atom. The number of fused-ring (bicyclic) bond motifs is 2. The first-order chi connectivity index (χ1) is 20.7. The maximum Gasteiger partial charge on any atom is 0.305 e. The van der Waals surface area contributed by atoms with Gasteiger partial charge in [0, 0.05) is 28.6 Å². The molecule has 1 saturated heterocycles. The highest BCUT2D eigenvalue weighted by Gasteiger charge is 2.56. The van der Waals surface area contributed by atoms with E-state index in [0.29, 0.717) is 32.7 Å². The number of imide groups is 1. The Hall–Kier alpha value is -4.95. The molecule has 0 bridgehead atoms. The molecule has 14 heteroatoms. The van der Waals surface area contributed by atoms with Crippen molar-refractivity contribution in [3.05, 3.63) is 103 Å². The van der Waals surface area contributed by atoms with Crippen molar-refractivity contribution in [2.75, 3.05) is 23.9 Å². The average Bonchev–Trinajstić information content (AvgIpc) is 3.50. The first kappa shape index (κ1) is 28.2. The summed E-state index contributed by atoms with van der Waals surface area (Å²) in [6.07, 6.45) is 0. The van der Waals surface area contributed by atoms with E-state index in [1.165, 1.54) is 24.3 Å². The Balaban J connectivity index is 1.22. The Morgan fingerprint density at radius 3 is 2.30 bits per heavy atom. The minimum atomic E-state index is -0.811. The number of thioether (sulfide) groups is 1. The number of benzene rings is 3. The number of hydrogen-bond donors (Lipinski definition) is 2. The number of hydrogen-bond acceptors (Lipinski definition) is 10. The first-order valence-corrected chi connectivity index (χ1v) is 14.6. The van der Waals surface area contributed by atoms with Crippen molar-refractivity contribution in [3.63, 3.8) is 0 Å². The summed E-state index contributed by atoms with van der Waals surface area (Å²) in [4.78, 5) is 66.7. The Morgan fingerprint density at radius 2 is 1.65 bits per heavy atom. The van der Waals surface area contributed by atoms with Gasteiger partial charge in [-0.2, -0.15) is 0 Å². The first-order valence-electron chi connectivity index (χ1n) is 12.9. The summed E-state index contributed by atoms with van der Waals surface area (Å²) >= 11 is 2.13. The van der Waals surface area contributed by atoms with Gasteiger partial charge in [0.05, 0.1) is 28.7 Å². The molecule has 3 atom stereocenters. The third kappa shape index (κ3) is 5.37. The van der Waals surface area contributed by atoms with E-state index < -0.39 is 33.8 Å². The van der Waals surface area contributed by atoms with Crippen LogP contribution in [-0.4, -0.2) is 46.6 Å². The van der Waals surface area contributed by atoms with Crippen LogP contribution in [0.25, 0.3) is 0 Å². The molecule has 2 N–H and O–H groups in total.